The van der Waals surface area contributed by atoms with Crippen LogP contribution in [0.15, 0.2) is 48.0 Å². The fourth-order valence-electron chi connectivity index (χ4n) is 3.50. The molecule has 6 heteroatoms. The van der Waals surface area contributed by atoms with E-state index in [2.05, 4.69) is 45.9 Å². The van der Waals surface area contributed by atoms with E-state index in [-0.39, 0.29) is 0 Å². The molecule has 0 bridgehead atoms. The lowest BCUT2D eigenvalue weighted by molar-refractivity contribution is 0.189. The van der Waals surface area contributed by atoms with Crippen molar-refractivity contribution in [2.24, 2.45) is 10.9 Å². The normalized spacial score (nSPS) is 21.0. The summed E-state index contributed by atoms with van der Waals surface area (Å²) in [5, 5.41) is 4.27. The van der Waals surface area contributed by atoms with Gasteiger partial charge in [-0.1, -0.05) is 36.7 Å². The van der Waals surface area contributed by atoms with Crippen molar-refractivity contribution in [1.82, 2.24) is 19.8 Å². The largest absolute Gasteiger partial charge is 0.357 e. The van der Waals surface area contributed by atoms with Crippen molar-refractivity contribution in [2.45, 2.75) is 32.7 Å². The van der Waals surface area contributed by atoms with Crippen LogP contribution in [0, 0.1) is 5.92 Å². The van der Waals surface area contributed by atoms with Crippen molar-refractivity contribution < 1.29 is 0 Å². The second-order valence-electron chi connectivity index (χ2n) is 6.87. The molecule has 1 fully saturated rings. The molecule has 5 nitrogen and oxygen atoms in total. The maximum Gasteiger partial charge on any atom is 0.193 e. The van der Waals surface area contributed by atoms with Crippen LogP contribution in [-0.2, 0) is 6.42 Å². The van der Waals surface area contributed by atoms with Gasteiger partial charge in [-0.25, -0.2) is 4.98 Å². The predicted octanol–water partition coefficient (Wildman–Crippen LogP) is 3.63. The van der Waals surface area contributed by atoms with Gasteiger partial charge in [0, 0.05) is 43.6 Å². The van der Waals surface area contributed by atoms with E-state index >= 15 is 0 Å². The number of nitrogens with zero attached hydrogens (tertiary/aromatic N) is 4. The van der Waals surface area contributed by atoms with Crippen molar-refractivity contribution >= 4 is 17.6 Å². The average Bonchev–Trinajstić information content (AvgIpc) is 3.17. The molecule has 2 atom stereocenters. The molecule has 0 saturated carbocycles. The third kappa shape index (κ3) is 4.58. The highest BCUT2D eigenvalue weighted by Gasteiger charge is 2.28. The molecule has 1 aliphatic rings. The number of halogens is 1. The Morgan fingerprint density at radius 3 is 2.96 bits per heavy atom. The topological polar surface area (TPSA) is 45.5 Å². The summed E-state index contributed by atoms with van der Waals surface area (Å²) < 4.78 is 2.23. The summed E-state index contributed by atoms with van der Waals surface area (Å²) in [7, 11) is 0. The van der Waals surface area contributed by atoms with Crippen LogP contribution in [0.4, 0.5) is 0 Å². The predicted molar refractivity (Wildman–Crippen MR) is 108 cm³/mol. The number of benzene rings is 1. The minimum atomic E-state index is 0.429. The van der Waals surface area contributed by atoms with E-state index in [1.165, 1.54) is 0 Å². The van der Waals surface area contributed by atoms with Crippen LogP contribution in [0.1, 0.15) is 31.9 Å². The third-order valence-electron chi connectivity index (χ3n) is 5.06. The number of imidazole rings is 1. The zero-order chi connectivity index (χ0) is 18.4. The highest BCUT2D eigenvalue weighted by molar-refractivity contribution is 6.31. The van der Waals surface area contributed by atoms with Crippen molar-refractivity contribution in [1.29, 1.82) is 0 Å². The molecule has 0 spiro atoms. The summed E-state index contributed by atoms with van der Waals surface area (Å²) in [4.78, 5) is 11.5. The van der Waals surface area contributed by atoms with E-state index in [0.717, 1.165) is 55.6 Å². The van der Waals surface area contributed by atoms with Crippen LogP contribution in [-0.4, -0.2) is 46.6 Å². The molecule has 2 aromatic rings. The van der Waals surface area contributed by atoms with Crippen molar-refractivity contribution in [3.8, 4) is 0 Å². The van der Waals surface area contributed by atoms with E-state index in [0.29, 0.717) is 12.0 Å². The molecule has 0 radical (unpaired) electrons. The summed E-state index contributed by atoms with van der Waals surface area (Å²) in [6, 6.07) is 8.43. The van der Waals surface area contributed by atoms with Gasteiger partial charge >= 0.3 is 0 Å². The Morgan fingerprint density at radius 2 is 2.23 bits per heavy atom. The second kappa shape index (κ2) is 9.08. The van der Waals surface area contributed by atoms with Gasteiger partial charge in [-0.3, -0.25) is 4.99 Å². The van der Waals surface area contributed by atoms with Gasteiger partial charge in [0.2, 0.25) is 0 Å². The lowest BCUT2D eigenvalue weighted by atomic mass is 9.93. The Morgan fingerprint density at radius 1 is 1.38 bits per heavy atom. The molecule has 1 aromatic carbocycles. The Bertz CT molecular complexity index is 713. The number of hydrogen-bond donors (Lipinski definition) is 1. The number of guanidine groups is 1. The third-order valence-corrected chi connectivity index (χ3v) is 5.43. The SMILES string of the molecule is CCNC(=NCCc1ccccc1Cl)N1CCC(C)C(n2ccnc2)C1. The minimum absolute atomic E-state index is 0.429. The summed E-state index contributed by atoms with van der Waals surface area (Å²) in [6.07, 6.45) is 7.84. The summed E-state index contributed by atoms with van der Waals surface area (Å²) in [6.45, 7) is 8.02. The Balaban J connectivity index is 1.67. The molecular formula is C20H28ClN5. The van der Waals surface area contributed by atoms with Crippen LogP contribution >= 0.6 is 11.6 Å². The summed E-state index contributed by atoms with van der Waals surface area (Å²) in [5.74, 6) is 1.63. The number of nitrogens with one attached hydrogen (secondary N) is 1. The summed E-state index contributed by atoms with van der Waals surface area (Å²) in [5.41, 5.74) is 1.15. The van der Waals surface area contributed by atoms with E-state index < -0.39 is 0 Å². The van der Waals surface area contributed by atoms with Crippen LogP contribution in [0.3, 0.4) is 0 Å². The molecule has 2 unspecified atom stereocenters. The quantitative estimate of drug-likeness (QED) is 0.643. The standard InChI is InChI=1S/C20H28ClN5/c1-3-23-20(24-10-8-17-6-4-5-7-18(17)21)25-12-9-16(2)19(14-25)26-13-11-22-15-26/h4-7,11,13,15-16,19H,3,8-10,12,14H2,1-2H3,(H,23,24). The van der Waals surface area contributed by atoms with Gasteiger partial charge in [0.05, 0.1) is 12.4 Å². The van der Waals surface area contributed by atoms with Crippen molar-refractivity contribution in [3.05, 3.63) is 53.6 Å². The van der Waals surface area contributed by atoms with Gasteiger partial charge in [0.15, 0.2) is 5.96 Å². The minimum Gasteiger partial charge on any atom is -0.357 e. The second-order valence-corrected chi connectivity index (χ2v) is 7.27. The number of aromatic nitrogens is 2. The maximum atomic E-state index is 6.26. The first-order valence-electron chi connectivity index (χ1n) is 9.43. The Hall–Kier alpha value is -2.01. The number of rotatable bonds is 5. The first kappa shape index (κ1) is 18.8. The molecule has 3 rings (SSSR count). The zero-order valence-corrected chi connectivity index (χ0v) is 16.4. The number of hydrogen-bond acceptors (Lipinski definition) is 2. The number of likely N-dealkylation sites (tertiary alicyclic amines) is 1. The molecule has 26 heavy (non-hydrogen) atoms. The molecule has 2 heterocycles. The molecule has 1 aromatic heterocycles. The maximum absolute atomic E-state index is 6.26. The monoisotopic (exact) mass is 373 g/mol. The van der Waals surface area contributed by atoms with Crippen LogP contribution in [0.5, 0.6) is 0 Å². The van der Waals surface area contributed by atoms with Gasteiger partial charge < -0.3 is 14.8 Å². The van der Waals surface area contributed by atoms with Crippen LogP contribution in [0.25, 0.3) is 0 Å². The molecule has 0 amide bonds. The molecule has 0 aliphatic carbocycles. The smallest absolute Gasteiger partial charge is 0.193 e. The molecule has 1 saturated heterocycles. The van der Waals surface area contributed by atoms with Crippen LogP contribution < -0.4 is 5.32 Å². The van der Waals surface area contributed by atoms with Crippen molar-refractivity contribution in [2.75, 3.05) is 26.2 Å². The number of piperidine rings is 1. The number of aliphatic imine (C=N–C) groups is 1. The fraction of sp³-hybridized carbons (Fsp3) is 0.500. The molecule has 1 aliphatic heterocycles. The lowest BCUT2D eigenvalue weighted by Gasteiger charge is -2.39. The van der Waals surface area contributed by atoms with E-state index in [1.807, 2.05) is 30.7 Å². The zero-order valence-electron chi connectivity index (χ0n) is 15.6. The van der Waals surface area contributed by atoms with Crippen LogP contribution in [0.2, 0.25) is 5.02 Å². The van der Waals surface area contributed by atoms with Gasteiger partial charge in [-0.2, -0.15) is 0 Å². The van der Waals surface area contributed by atoms with E-state index in [9.17, 15) is 0 Å². The van der Waals surface area contributed by atoms with Gasteiger partial charge in [-0.05, 0) is 37.3 Å². The summed E-state index contributed by atoms with van der Waals surface area (Å²) >= 11 is 6.26. The van der Waals surface area contributed by atoms with E-state index in [1.54, 1.807) is 0 Å². The Kier molecular flexibility index (Phi) is 6.56. The first-order chi connectivity index (χ1) is 12.7. The van der Waals surface area contributed by atoms with Gasteiger partial charge in [0.25, 0.3) is 0 Å². The molecule has 140 valence electrons. The van der Waals surface area contributed by atoms with Crippen molar-refractivity contribution in [3.63, 3.8) is 0 Å². The van der Waals surface area contributed by atoms with E-state index in [4.69, 9.17) is 16.6 Å². The fourth-order valence-corrected chi connectivity index (χ4v) is 3.73. The van der Waals surface area contributed by atoms with Gasteiger partial charge in [0.1, 0.15) is 0 Å². The molecular weight excluding hydrogens is 346 g/mol. The molecule has 1 N–H and O–H groups in total. The highest BCUT2D eigenvalue weighted by atomic mass is 35.5. The lowest BCUT2D eigenvalue weighted by Crippen LogP contribution is -2.49. The highest BCUT2D eigenvalue weighted by Crippen LogP contribution is 2.27. The average molecular weight is 374 g/mol. The first-order valence-corrected chi connectivity index (χ1v) is 9.81. The van der Waals surface area contributed by atoms with Gasteiger partial charge in [-0.15, -0.1) is 0 Å². The Labute approximate surface area is 161 Å².